The van der Waals surface area contributed by atoms with E-state index in [2.05, 4.69) is 4.98 Å². The molecule has 0 atom stereocenters. The van der Waals surface area contributed by atoms with E-state index in [1.54, 1.807) is 24.6 Å². The molecule has 2 aromatic carbocycles. The van der Waals surface area contributed by atoms with E-state index in [4.69, 9.17) is 0 Å². The van der Waals surface area contributed by atoms with Gasteiger partial charge in [0.1, 0.15) is 0 Å². The molecule has 1 aliphatic rings. The summed E-state index contributed by atoms with van der Waals surface area (Å²) in [5.74, 6) is -3.81. The summed E-state index contributed by atoms with van der Waals surface area (Å²) in [5, 5.41) is 0. The Morgan fingerprint density at radius 3 is 2.40 bits per heavy atom. The molecule has 0 saturated heterocycles. The van der Waals surface area contributed by atoms with E-state index in [9.17, 15) is 4.79 Å². The Bertz CT molecular complexity index is 1080. The molecule has 0 spiro atoms. The molecule has 156 valence electrons. The largest absolute Gasteiger partial charge is 0.326 e. The lowest BCUT2D eigenvalue weighted by molar-refractivity contribution is -0.103. The number of aryl methyl sites for hydroxylation is 1. The van der Waals surface area contributed by atoms with Gasteiger partial charge in [-0.15, -0.1) is 0 Å². The average Bonchev–Trinajstić information content (AvgIpc) is 3.04. The van der Waals surface area contributed by atoms with Crippen molar-refractivity contribution in [1.29, 1.82) is 0 Å². The minimum absolute atomic E-state index is 0.0000838. The molecule has 0 N–H and O–H groups in total. The molecule has 0 radical (unpaired) electrons. The summed E-state index contributed by atoms with van der Waals surface area (Å²) in [6.07, 6.45) is 2.59. The minimum atomic E-state index is -2.97. The quantitative estimate of drug-likeness (QED) is 0.442. The van der Waals surface area contributed by atoms with Gasteiger partial charge in [-0.1, -0.05) is 55.8 Å². The van der Waals surface area contributed by atoms with Crippen LogP contribution in [0.5, 0.6) is 0 Å². The maximum absolute atomic E-state index is 15.3. The first-order chi connectivity index (χ1) is 14.3. The van der Waals surface area contributed by atoms with Gasteiger partial charge in [-0.3, -0.25) is 4.79 Å². The molecule has 30 heavy (non-hydrogen) atoms. The number of Topliss-reactive ketones (excluding diaryl/α,β-unsaturated/α-hetero) is 1. The molecule has 0 unspecified atom stereocenters. The van der Waals surface area contributed by atoms with E-state index in [0.29, 0.717) is 36.2 Å². The predicted molar refractivity (Wildman–Crippen MR) is 115 cm³/mol. The molecule has 1 fully saturated rings. The Balaban J connectivity index is 1.93. The Kier molecular flexibility index (Phi) is 5.31. The monoisotopic (exact) mass is 408 g/mol. The molecule has 1 heterocycles. The molecule has 5 heteroatoms. The van der Waals surface area contributed by atoms with Crippen LogP contribution in [0, 0.1) is 5.92 Å². The number of carbonyl (C=O) groups excluding carboxylic acids is 1. The third kappa shape index (κ3) is 3.36. The fourth-order valence-electron chi connectivity index (χ4n) is 4.25. The highest BCUT2D eigenvalue weighted by atomic mass is 19.3. The highest BCUT2D eigenvalue weighted by Crippen LogP contribution is 2.48. The number of alkyl halides is 2. The van der Waals surface area contributed by atoms with Crippen LogP contribution in [-0.4, -0.2) is 15.3 Å². The van der Waals surface area contributed by atoms with E-state index in [1.165, 1.54) is 0 Å². The molecule has 1 aromatic heterocycles. The zero-order chi connectivity index (χ0) is 21.5. The topological polar surface area (TPSA) is 34.9 Å². The van der Waals surface area contributed by atoms with Gasteiger partial charge < -0.3 is 4.57 Å². The summed E-state index contributed by atoms with van der Waals surface area (Å²) in [6, 6.07) is 15.0. The SMILES string of the molecule is CCc1cc(-c2nc(C(F)(F)C3CCC3)n(C)c2-c2ccccc2)ccc1C(C)=O. The van der Waals surface area contributed by atoms with E-state index >= 15 is 8.78 Å². The van der Waals surface area contributed by atoms with Crippen LogP contribution >= 0.6 is 0 Å². The lowest BCUT2D eigenvalue weighted by Gasteiger charge is -2.32. The smallest absolute Gasteiger partial charge is 0.307 e. The normalized spacial score (nSPS) is 14.6. The van der Waals surface area contributed by atoms with Gasteiger partial charge in [0.25, 0.3) is 0 Å². The minimum Gasteiger partial charge on any atom is -0.326 e. The number of imidazole rings is 1. The molecule has 3 nitrogen and oxygen atoms in total. The highest BCUT2D eigenvalue weighted by Gasteiger charge is 2.48. The molecule has 3 aromatic rings. The molecular weight excluding hydrogens is 382 g/mol. The van der Waals surface area contributed by atoms with E-state index < -0.39 is 11.8 Å². The lowest BCUT2D eigenvalue weighted by Crippen LogP contribution is -2.33. The van der Waals surface area contributed by atoms with Crippen molar-refractivity contribution >= 4 is 5.78 Å². The van der Waals surface area contributed by atoms with Crippen molar-refractivity contribution in [2.75, 3.05) is 0 Å². The van der Waals surface area contributed by atoms with Gasteiger partial charge >= 0.3 is 5.92 Å². The van der Waals surface area contributed by atoms with Gasteiger partial charge in [0.15, 0.2) is 11.6 Å². The zero-order valence-electron chi connectivity index (χ0n) is 17.6. The first-order valence-electron chi connectivity index (χ1n) is 10.5. The number of hydrogen-bond acceptors (Lipinski definition) is 2. The number of halogens is 2. The Morgan fingerprint density at radius 1 is 1.13 bits per heavy atom. The second-order valence-electron chi connectivity index (χ2n) is 8.09. The van der Waals surface area contributed by atoms with Crippen LogP contribution in [-0.2, 0) is 19.4 Å². The van der Waals surface area contributed by atoms with Gasteiger partial charge in [-0.05, 0) is 37.8 Å². The first-order valence-corrected chi connectivity index (χ1v) is 10.5. The van der Waals surface area contributed by atoms with Crippen molar-refractivity contribution in [1.82, 2.24) is 9.55 Å². The maximum Gasteiger partial charge on any atom is 0.307 e. The average molecular weight is 408 g/mol. The Hall–Kier alpha value is -2.82. The lowest BCUT2D eigenvalue weighted by atomic mass is 9.80. The number of carbonyl (C=O) groups is 1. The molecule has 1 saturated carbocycles. The number of hydrogen-bond donors (Lipinski definition) is 0. The molecule has 4 rings (SSSR count). The van der Waals surface area contributed by atoms with Crippen LogP contribution in [0.3, 0.4) is 0 Å². The third-order valence-electron chi connectivity index (χ3n) is 6.20. The van der Waals surface area contributed by atoms with Gasteiger partial charge in [-0.25, -0.2) is 4.98 Å². The second-order valence-corrected chi connectivity index (χ2v) is 8.09. The standard InChI is InChI=1S/C25H26F2N2O/c1-4-17-15-19(13-14-21(17)16(2)30)22-23(18-9-6-5-7-10-18)29(3)24(28-22)25(26,27)20-11-8-12-20/h5-7,9-10,13-15,20H,4,8,11-12H2,1-3H3. The summed E-state index contributed by atoms with van der Waals surface area (Å²) in [5.41, 5.74) is 4.36. The van der Waals surface area contributed by atoms with E-state index in [1.807, 2.05) is 49.4 Å². The third-order valence-corrected chi connectivity index (χ3v) is 6.20. The molecular formula is C25H26F2N2O. The summed E-state index contributed by atoms with van der Waals surface area (Å²) >= 11 is 0. The first kappa shape index (κ1) is 20.5. The van der Waals surface area contributed by atoms with Crippen LogP contribution in [0.1, 0.15) is 54.9 Å². The number of rotatable bonds is 6. The summed E-state index contributed by atoms with van der Waals surface area (Å²) in [7, 11) is 1.67. The Morgan fingerprint density at radius 2 is 1.83 bits per heavy atom. The second kappa shape index (κ2) is 7.78. The van der Waals surface area contributed by atoms with Crippen LogP contribution in [0.15, 0.2) is 48.5 Å². The summed E-state index contributed by atoms with van der Waals surface area (Å²) < 4.78 is 32.1. The highest BCUT2D eigenvalue weighted by molar-refractivity contribution is 5.96. The van der Waals surface area contributed by atoms with Crippen molar-refractivity contribution in [3.63, 3.8) is 0 Å². The van der Waals surface area contributed by atoms with Gasteiger partial charge in [0, 0.05) is 29.7 Å². The maximum atomic E-state index is 15.3. The Labute approximate surface area is 175 Å². The number of nitrogens with zero attached hydrogens (tertiary/aromatic N) is 2. The number of ketones is 1. The van der Waals surface area contributed by atoms with E-state index in [0.717, 1.165) is 23.1 Å². The van der Waals surface area contributed by atoms with Crippen molar-refractivity contribution in [3.8, 4) is 22.5 Å². The van der Waals surface area contributed by atoms with Gasteiger partial charge in [-0.2, -0.15) is 8.78 Å². The number of benzene rings is 2. The fraction of sp³-hybridized carbons (Fsp3) is 0.360. The molecule has 0 amide bonds. The van der Waals surface area contributed by atoms with Crippen LogP contribution in [0.2, 0.25) is 0 Å². The molecule has 0 bridgehead atoms. The van der Waals surface area contributed by atoms with E-state index in [-0.39, 0.29) is 11.6 Å². The van der Waals surface area contributed by atoms with Crippen molar-refractivity contribution in [3.05, 3.63) is 65.5 Å². The van der Waals surface area contributed by atoms with Crippen LogP contribution < -0.4 is 0 Å². The van der Waals surface area contributed by atoms with Crippen molar-refractivity contribution in [2.24, 2.45) is 13.0 Å². The fourth-order valence-corrected chi connectivity index (χ4v) is 4.25. The van der Waals surface area contributed by atoms with Gasteiger partial charge in [0.05, 0.1) is 11.4 Å². The number of aromatic nitrogens is 2. The predicted octanol–water partition coefficient (Wildman–Crippen LogP) is 6.41. The summed E-state index contributed by atoms with van der Waals surface area (Å²) in [6.45, 7) is 3.53. The van der Waals surface area contributed by atoms with Crippen LogP contribution in [0.4, 0.5) is 8.78 Å². The zero-order valence-corrected chi connectivity index (χ0v) is 17.6. The van der Waals surface area contributed by atoms with Crippen LogP contribution in [0.25, 0.3) is 22.5 Å². The molecule has 1 aliphatic carbocycles. The van der Waals surface area contributed by atoms with Crippen molar-refractivity contribution in [2.45, 2.75) is 45.5 Å². The molecule has 0 aliphatic heterocycles. The van der Waals surface area contributed by atoms with Crippen molar-refractivity contribution < 1.29 is 13.6 Å². The summed E-state index contributed by atoms with van der Waals surface area (Å²) in [4.78, 5) is 16.5. The van der Waals surface area contributed by atoms with Gasteiger partial charge in [0.2, 0.25) is 0 Å².